The number of aromatic nitrogens is 1. The van der Waals surface area contributed by atoms with Gasteiger partial charge in [0.05, 0.1) is 6.10 Å². The van der Waals surface area contributed by atoms with Gasteiger partial charge in [-0.2, -0.15) is 0 Å². The van der Waals surface area contributed by atoms with Gasteiger partial charge in [0.1, 0.15) is 0 Å². The van der Waals surface area contributed by atoms with Crippen molar-refractivity contribution < 1.29 is 5.11 Å². The van der Waals surface area contributed by atoms with Crippen molar-refractivity contribution in [3.05, 3.63) is 51.4 Å². The molecular weight excluding hydrogens is 325 g/mol. The summed E-state index contributed by atoms with van der Waals surface area (Å²) < 4.78 is 3.45. The van der Waals surface area contributed by atoms with E-state index in [1.165, 1.54) is 15.0 Å². The normalized spacial score (nSPS) is 19.1. The van der Waals surface area contributed by atoms with Crippen molar-refractivity contribution in [3.63, 3.8) is 0 Å². The molecule has 1 aliphatic carbocycles. The Morgan fingerprint density at radius 3 is 2.71 bits per heavy atom. The second-order valence-electron chi connectivity index (χ2n) is 4.47. The molecule has 0 saturated carbocycles. The minimum absolute atomic E-state index is 0.274. The van der Waals surface area contributed by atoms with E-state index in [1.807, 2.05) is 0 Å². The number of aliphatic hydroxyl groups excluding tert-OH is 1. The lowest BCUT2D eigenvalue weighted by Crippen LogP contribution is -2.10. The first-order valence-electron chi connectivity index (χ1n) is 5.90. The van der Waals surface area contributed by atoms with Crippen molar-refractivity contribution in [1.82, 2.24) is 4.57 Å². The zero-order valence-electron chi connectivity index (χ0n) is 9.44. The van der Waals surface area contributed by atoms with Gasteiger partial charge in [-0.3, -0.25) is 0 Å². The minimum Gasteiger partial charge on any atom is -0.388 e. The molecule has 1 N–H and O–H groups in total. The van der Waals surface area contributed by atoms with Gasteiger partial charge in [0.25, 0.3) is 0 Å². The fourth-order valence-electron chi connectivity index (χ4n) is 2.51. The molecule has 1 aromatic heterocycles. The van der Waals surface area contributed by atoms with Gasteiger partial charge in [-0.05, 0) is 72.2 Å². The second-order valence-corrected chi connectivity index (χ2v) is 5.72. The predicted octanol–water partition coefficient (Wildman–Crippen LogP) is 3.45. The lowest BCUT2D eigenvalue weighted by atomic mass is 9.95. The lowest BCUT2D eigenvalue weighted by molar-refractivity contribution is 0.156. The number of hydrogen-bond donors (Lipinski definition) is 1. The van der Waals surface area contributed by atoms with Gasteiger partial charge in [0.15, 0.2) is 0 Å². The summed E-state index contributed by atoms with van der Waals surface area (Å²) >= 11 is 2.31. The van der Waals surface area contributed by atoms with Crippen molar-refractivity contribution in [2.75, 3.05) is 0 Å². The van der Waals surface area contributed by atoms with Gasteiger partial charge < -0.3 is 9.67 Å². The molecule has 3 heteroatoms. The van der Waals surface area contributed by atoms with E-state index in [0.717, 1.165) is 24.8 Å². The molecule has 2 aromatic rings. The van der Waals surface area contributed by atoms with E-state index in [-0.39, 0.29) is 6.10 Å². The molecule has 0 bridgehead atoms. The van der Waals surface area contributed by atoms with E-state index in [0.29, 0.717) is 0 Å². The number of aliphatic hydroxyl groups is 1. The average Bonchev–Trinajstić information content (AvgIpc) is 2.75. The monoisotopic (exact) mass is 339 g/mol. The molecule has 1 atom stereocenters. The van der Waals surface area contributed by atoms with Crippen molar-refractivity contribution in [1.29, 1.82) is 0 Å². The smallest absolute Gasteiger partial charge is 0.0807 e. The van der Waals surface area contributed by atoms with Crippen LogP contribution < -0.4 is 0 Å². The maximum atomic E-state index is 9.95. The second kappa shape index (κ2) is 4.46. The minimum atomic E-state index is -0.274. The van der Waals surface area contributed by atoms with Crippen molar-refractivity contribution in [2.24, 2.45) is 0 Å². The highest BCUT2D eigenvalue weighted by Gasteiger charge is 2.21. The first-order chi connectivity index (χ1) is 8.25. The largest absolute Gasteiger partial charge is 0.388 e. The molecule has 0 radical (unpaired) electrons. The third-order valence-corrected chi connectivity index (χ3v) is 4.10. The predicted molar refractivity (Wildman–Crippen MR) is 76.4 cm³/mol. The Balaban J connectivity index is 2.07. The SMILES string of the molecule is OC1CCCc2c1ccn2-c1ccc(I)cc1. The summed E-state index contributed by atoms with van der Waals surface area (Å²) in [5, 5.41) is 9.95. The zero-order valence-corrected chi connectivity index (χ0v) is 11.6. The molecule has 0 saturated heterocycles. The molecule has 88 valence electrons. The number of hydrogen-bond acceptors (Lipinski definition) is 1. The fraction of sp³-hybridized carbons (Fsp3) is 0.286. The summed E-state index contributed by atoms with van der Waals surface area (Å²) in [5.74, 6) is 0. The molecule has 1 aromatic carbocycles. The molecule has 0 spiro atoms. The van der Waals surface area contributed by atoms with Crippen LogP contribution >= 0.6 is 22.6 Å². The van der Waals surface area contributed by atoms with E-state index in [2.05, 4.69) is 63.7 Å². The number of benzene rings is 1. The Morgan fingerprint density at radius 1 is 1.18 bits per heavy atom. The summed E-state index contributed by atoms with van der Waals surface area (Å²) in [6.45, 7) is 0. The average molecular weight is 339 g/mol. The molecule has 0 fully saturated rings. The van der Waals surface area contributed by atoms with E-state index < -0.39 is 0 Å². The number of rotatable bonds is 1. The van der Waals surface area contributed by atoms with E-state index in [4.69, 9.17) is 0 Å². The zero-order chi connectivity index (χ0) is 11.8. The standard InChI is InChI=1S/C14H14INO/c15-10-4-6-11(7-5-10)16-9-8-12-13(16)2-1-3-14(12)17/h4-9,14,17H,1-3H2. The summed E-state index contributed by atoms with van der Waals surface area (Å²) in [5.41, 5.74) is 3.56. The summed E-state index contributed by atoms with van der Waals surface area (Å²) in [4.78, 5) is 0. The molecule has 1 heterocycles. The van der Waals surface area contributed by atoms with Crippen molar-refractivity contribution in [2.45, 2.75) is 25.4 Å². The molecule has 2 nitrogen and oxygen atoms in total. The van der Waals surface area contributed by atoms with Gasteiger partial charge in [0, 0.05) is 26.7 Å². The molecule has 0 amide bonds. The summed E-state index contributed by atoms with van der Waals surface area (Å²) in [6, 6.07) is 10.5. The maximum absolute atomic E-state index is 9.95. The lowest BCUT2D eigenvalue weighted by Gasteiger charge is -2.20. The number of halogens is 1. The molecule has 3 rings (SSSR count). The third kappa shape index (κ3) is 2.02. The van der Waals surface area contributed by atoms with Gasteiger partial charge in [-0.1, -0.05) is 0 Å². The molecule has 17 heavy (non-hydrogen) atoms. The first-order valence-corrected chi connectivity index (χ1v) is 6.98. The van der Waals surface area contributed by atoms with Gasteiger partial charge in [-0.15, -0.1) is 0 Å². The molecular formula is C14H14INO. The Hall–Kier alpha value is -0.810. The van der Waals surface area contributed by atoms with Crippen LogP contribution in [0.25, 0.3) is 5.69 Å². The third-order valence-electron chi connectivity index (χ3n) is 3.38. The molecule has 1 aliphatic rings. The van der Waals surface area contributed by atoms with Crippen LogP contribution in [0.15, 0.2) is 36.5 Å². The fourth-order valence-corrected chi connectivity index (χ4v) is 2.87. The Bertz CT molecular complexity index is 530. The van der Waals surface area contributed by atoms with E-state index in [1.54, 1.807) is 0 Å². The van der Waals surface area contributed by atoms with Crippen LogP contribution in [0.2, 0.25) is 0 Å². The van der Waals surface area contributed by atoms with Gasteiger partial charge >= 0.3 is 0 Å². The van der Waals surface area contributed by atoms with Crippen LogP contribution in [0.4, 0.5) is 0 Å². The Labute approximate surface area is 114 Å². The van der Waals surface area contributed by atoms with Crippen molar-refractivity contribution in [3.8, 4) is 5.69 Å². The molecule has 1 unspecified atom stereocenters. The number of fused-ring (bicyclic) bond motifs is 1. The number of nitrogens with zero attached hydrogens (tertiary/aromatic N) is 1. The highest BCUT2D eigenvalue weighted by molar-refractivity contribution is 14.1. The molecule has 0 aliphatic heterocycles. The van der Waals surface area contributed by atoms with Gasteiger partial charge in [0.2, 0.25) is 0 Å². The Morgan fingerprint density at radius 2 is 1.94 bits per heavy atom. The van der Waals surface area contributed by atoms with E-state index in [9.17, 15) is 5.11 Å². The van der Waals surface area contributed by atoms with Crippen LogP contribution in [-0.4, -0.2) is 9.67 Å². The summed E-state index contributed by atoms with van der Waals surface area (Å²) in [6.07, 6.45) is 4.82. The highest BCUT2D eigenvalue weighted by Crippen LogP contribution is 2.31. The van der Waals surface area contributed by atoms with Crippen LogP contribution in [0.3, 0.4) is 0 Å². The Kier molecular flexibility index (Phi) is 2.96. The topological polar surface area (TPSA) is 25.2 Å². The van der Waals surface area contributed by atoms with Crippen molar-refractivity contribution >= 4 is 22.6 Å². The maximum Gasteiger partial charge on any atom is 0.0807 e. The summed E-state index contributed by atoms with van der Waals surface area (Å²) in [7, 11) is 0. The van der Waals surface area contributed by atoms with Gasteiger partial charge in [-0.25, -0.2) is 0 Å². The van der Waals surface area contributed by atoms with Crippen LogP contribution in [-0.2, 0) is 6.42 Å². The van der Waals surface area contributed by atoms with Crippen LogP contribution in [0, 0.1) is 3.57 Å². The van der Waals surface area contributed by atoms with Crippen LogP contribution in [0.1, 0.15) is 30.2 Å². The van der Waals surface area contributed by atoms with Crippen LogP contribution in [0.5, 0.6) is 0 Å². The highest BCUT2D eigenvalue weighted by atomic mass is 127. The quantitative estimate of drug-likeness (QED) is 0.791. The first kappa shape index (κ1) is 11.3. The van der Waals surface area contributed by atoms with E-state index >= 15 is 0 Å².